The van der Waals surface area contributed by atoms with E-state index in [9.17, 15) is 5.11 Å². The van der Waals surface area contributed by atoms with Crippen molar-refractivity contribution < 1.29 is 9.84 Å². The fourth-order valence-corrected chi connectivity index (χ4v) is 2.70. The van der Waals surface area contributed by atoms with Crippen LogP contribution < -0.4 is 0 Å². The minimum atomic E-state index is 0.0881. The standard InChI is InChI=1S/C19H32O2/c1-8-21-12-11-16(19(5,6)7)15-13-14(18(2,3)4)9-10-17(15)20/h9-10,13,16,20H,8,11-12H2,1-7H3. The van der Waals surface area contributed by atoms with Crippen LogP contribution in [0, 0.1) is 5.41 Å². The van der Waals surface area contributed by atoms with Gasteiger partial charge in [0.25, 0.3) is 0 Å². The van der Waals surface area contributed by atoms with Crippen LogP contribution in [0.3, 0.4) is 0 Å². The molecule has 1 rings (SSSR count). The minimum Gasteiger partial charge on any atom is -0.508 e. The first-order chi connectivity index (χ1) is 9.57. The molecule has 21 heavy (non-hydrogen) atoms. The lowest BCUT2D eigenvalue weighted by Gasteiger charge is -2.33. The fraction of sp³-hybridized carbons (Fsp3) is 0.684. The highest BCUT2D eigenvalue weighted by atomic mass is 16.5. The van der Waals surface area contributed by atoms with Crippen molar-refractivity contribution in [1.29, 1.82) is 0 Å². The van der Waals surface area contributed by atoms with Crippen LogP contribution in [-0.4, -0.2) is 18.3 Å². The summed E-state index contributed by atoms with van der Waals surface area (Å²) in [5.74, 6) is 0.686. The highest BCUT2D eigenvalue weighted by Crippen LogP contribution is 2.42. The molecule has 1 aromatic carbocycles. The molecule has 0 aliphatic carbocycles. The van der Waals surface area contributed by atoms with Crippen LogP contribution in [0.4, 0.5) is 0 Å². The van der Waals surface area contributed by atoms with Crippen molar-refractivity contribution >= 4 is 0 Å². The van der Waals surface area contributed by atoms with Crippen LogP contribution in [0.15, 0.2) is 18.2 Å². The third-order valence-corrected chi connectivity index (χ3v) is 4.07. The molecule has 1 atom stereocenters. The Balaban J connectivity index is 3.17. The van der Waals surface area contributed by atoms with E-state index in [2.05, 4.69) is 47.6 Å². The van der Waals surface area contributed by atoms with Crippen LogP contribution in [-0.2, 0) is 10.2 Å². The lowest BCUT2D eigenvalue weighted by atomic mass is 9.73. The summed E-state index contributed by atoms with van der Waals surface area (Å²) in [6, 6.07) is 6.05. The van der Waals surface area contributed by atoms with Gasteiger partial charge in [0.2, 0.25) is 0 Å². The van der Waals surface area contributed by atoms with Gasteiger partial charge in [-0.05, 0) is 47.3 Å². The van der Waals surface area contributed by atoms with Crippen molar-refractivity contribution in [3.63, 3.8) is 0 Å². The first-order valence-corrected chi connectivity index (χ1v) is 7.98. The molecule has 0 radical (unpaired) electrons. The first-order valence-electron chi connectivity index (χ1n) is 7.98. The van der Waals surface area contributed by atoms with E-state index in [1.165, 1.54) is 5.56 Å². The molecule has 0 heterocycles. The number of phenols is 1. The molecule has 0 aromatic heterocycles. The van der Waals surface area contributed by atoms with Gasteiger partial charge in [0.1, 0.15) is 5.75 Å². The van der Waals surface area contributed by atoms with Crippen molar-refractivity contribution in [3.05, 3.63) is 29.3 Å². The first kappa shape index (κ1) is 18.0. The second-order valence-corrected chi connectivity index (χ2v) is 7.93. The fourth-order valence-electron chi connectivity index (χ4n) is 2.70. The Bertz CT molecular complexity index is 450. The molecule has 0 spiro atoms. The van der Waals surface area contributed by atoms with E-state index < -0.39 is 0 Å². The predicted octanol–water partition coefficient (Wildman–Crippen LogP) is 5.25. The SMILES string of the molecule is CCOCCC(c1cc(C(C)(C)C)ccc1O)C(C)(C)C. The summed E-state index contributed by atoms with van der Waals surface area (Å²) in [5, 5.41) is 10.4. The van der Waals surface area contributed by atoms with E-state index in [1.54, 1.807) is 0 Å². The Morgan fingerprint density at radius 2 is 1.71 bits per heavy atom. The molecule has 0 saturated heterocycles. The average molecular weight is 292 g/mol. The lowest BCUT2D eigenvalue weighted by Crippen LogP contribution is -2.21. The molecule has 120 valence electrons. The summed E-state index contributed by atoms with van der Waals surface area (Å²) in [7, 11) is 0. The number of ether oxygens (including phenoxy) is 1. The molecule has 0 fully saturated rings. The smallest absolute Gasteiger partial charge is 0.119 e. The summed E-state index contributed by atoms with van der Waals surface area (Å²) < 4.78 is 5.54. The second-order valence-electron chi connectivity index (χ2n) is 7.93. The molecule has 0 aliphatic heterocycles. The molecule has 1 unspecified atom stereocenters. The maximum absolute atomic E-state index is 10.4. The van der Waals surface area contributed by atoms with Gasteiger partial charge in [0.05, 0.1) is 0 Å². The van der Waals surface area contributed by atoms with Gasteiger partial charge in [-0.2, -0.15) is 0 Å². The Morgan fingerprint density at radius 3 is 2.19 bits per heavy atom. The zero-order valence-corrected chi connectivity index (χ0v) is 14.8. The van der Waals surface area contributed by atoms with Crippen LogP contribution >= 0.6 is 0 Å². The van der Waals surface area contributed by atoms with Crippen molar-refractivity contribution in [1.82, 2.24) is 0 Å². The maximum Gasteiger partial charge on any atom is 0.119 e. The molecular weight excluding hydrogens is 260 g/mol. The summed E-state index contributed by atoms with van der Waals surface area (Å²) in [5.41, 5.74) is 2.49. The third kappa shape index (κ3) is 5.03. The number of rotatable bonds is 5. The van der Waals surface area contributed by atoms with Crippen LogP contribution in [0.5, 0.6) is 5.75 Å². The molecule has 1 aromatic rings. The van der Waals surface area contributed by atoms with Gasteiger partial charge in [-0.3, -0.25) is 0 Å². The lowest BCUT2D eigenvalue weighted by molar-refractivity contribution is 0.125. The van der Waals surface area contributed by atoms with Gasteiger partial charge in [-0.1, -0.05) is 53.7 Å². The van der Waals surface area contributed by atoms with Crippen molar-refractivity contribution in [3.8, 4) is 5.75 Å². The summed E-state index contributed by atoms with van der Waals surface area (Å²) in [4.78, 5) is 0. The van der Waals surface area contributed by atoms with Gasteiger partial charge >= 0.3 is 0 Å². The highest BCUT2D eigenvalue weighted by molar-refractivity contribution is 5.41. The largest absolute Gasteiger partial charge is 0.508 e. The van der Waals surface area contributed by atoms with Crippen molar-refractivity contribution in [2.24, 2.45) is 5.41 Å². The molecule has 0 aliphatic rings. The average Bonchev–Trinajstić information content (AvgIpc) is 2.33. The van der Waals surface area contributed by atoms with E-state index >= 15 is 0 Å². The molecule has 2 heteroatoms. The molecule has 0 bridgehead atoms. The van der Waals surface area contributed by atoms with Gasteiger partial charge in [-0.25, -0.2) is 0 Å². The number of hydrogen-bond acceptors (Lipinski definition) is 2. The van der Waals surface area contributed by atoms with Gasteiger partial charge in [-0.15, -0.1) is 0 Å². The normalized spacial score (nSPS) is 14.2. The molecule has 2 nitrogen and oxygen atoms in total. The minimum absolute atomic E-state index is 0.0881. The quantitative estimate of drug-likeness (QED) is 0.751. The maximum atomic E-state index is 10.4. The monoisotopic (exact) mass is 292 g/mol. The summed E-state index contributed by atoms with van der Waals surface area (Å²) >= 11 is 0. The Kier molecular flexibility index (Phi) is 5.86. The molecule has 1 N–H and O–H groups in total. The van der Waals surface area contributed by atoms with E-state index in [0.29, 0.717) is 5.75 Å². The van der Waals surface area contributed by atoms with Gasteiger partial charge in [0, 0.05) is 13.2 Å². The van der Waals surface area contributed by atoms with Crippen LogP contribution in [0.2, 0.25) is 0 Å². The Morgan fingerprint density at radius 1 is 1.10 bits per heavy atom. The predicted molar refractivity (Wildman–Crippen MR) is 90.1 cm³/mol. The molecular formula is C19H32O2. The van der Waals surface area contributed by atoms with Crippen LogP contribution in [0.25, 0.3) is 0 Å². The van der Waals surface area contributed by atoms with Crippen molar-refractivity contribution in [2.75, 3.05) is 13.2 Å². The van der Waals surface area contributed by atoms with Gasteiger partial charge < -0.3 is 9.84 Å². The van der Waals surface area contributed by atoms with E-state index in [0.717, 1.165) is 25.2 Å². The zero-order chi connectivity index (χ0) is 16.3. The Labute approximate surface area is 130 Å². The van der Waals surface area contributed by atoms with Crippen LogP contribution in [0.1, 0.15) is 71.9 Å². The summed E-state index contributed by atoms with van der Waals surface area (Å²) in [6.07, 6.45) is 0.929. The third-order valence-electron chi connectivity index (χ3n) is 4.07. The summed E-state index contributed by atoms with van der Waals surface area (Å²) in [6.45, 7) is 16.8. The number of aromatic hydroxyl groups is 1. The highest BCUT2D eigenvalue weighted by Gasteiger charge is 2.29. The number of benzene rings is 1. The number of hydrogen-bond donors (Lipinski definition) is 1. The zero-order valence-electron chi connectivity index (χ0n) is 14.8. The van der Waals surface area contributed by atoms with E-state index in [1.807, 2.05) is 19.1 Å². The van der Waals surface area contributed by atoms with Gasteiger partial charge in [0.15, 0.2) is 0 Å². The second kappa shape index (κ2) is 6.83. The topological polar surface area (TPSA) is 29.5 Å². The van der Waals surface area contributed by atoms with Crippen molar-refractivity contribution in [2.45, 2.75) is 66.2 Å². The van der Waals surface area contributed by atoms with E-state index in [-0.39, 0.29) is 16.7 Å². The Hall–Kier alpha value is -1.02. The molecule has 0 amide bonds. The molecule has 0 saturated carbocycles. The number of phenolic OH excluding ortho intramolecular Hbond substituents is 1. The van der Waals surface area contributed by atoms with E-state index in [4.69, 9.17) is 4.74 Å².